The van der Waals surface area contributed by atoms with E-state index in [-0.39, 0.29) is 49.8 Å². The van der Waals surface area contributed by atoms with Gasteiger partial charge in [0.2, 0.25) is 17.7 Å². The predicted octanol–water partition coefficient (Wildman–Crippen LogP) is 7.58. The number of unbranched alkanes of at least 4 members (excludes halogenated alkanes) is 18. The smallest absolute Gasteiger partial charge is 0.303 e. The molecule has 8 heteroatoms. The van der Waals surface area contributed by atoms with Crippen LogP contribution in [0.2, 0.25) is 0 Å². The Bertz CT molecular complexity index is 686. The number of carbonyl (C=O) groups is 4. The summed E-state index contributed by atoms with van der Waals surface area (Å²) in [5.74, 6) is -1.70. The second-order valence-corrected chi connectivity index (χ2v) is 11.9. The fourth-order valence-corrected chi connectivity index (χ4v) is 5.09. The van der Waals surface area contributed by atoms with Crippen molar-refractivity contribution in [3.63, 3.8) is 0 Å². The zero-order valence-corrected chi connectivity index (χ0v) is 27.2. The van der Waals surface area contributed by atoms with Crippen molar-refractivity contribution in [2.45, 2.75) is 180 Å². The van der Waals surface area contributed by atoms with Gasteiger partial charge in [-0.1, -0.05) is 129 Å². The molecular formula is C34H65N3O5. The summed E-state index contributed by atoms with van der Waals surface area (Å²) in [7, 11) is 0. The Morgan fingerprint density at radius 3 is 1.38 bits per heavy atom. The van der Waals surface area contributed by atoms with E-state index < -0.39 is 12.0 Å². The number of nitrogens with one attached hydrogen (secondary N) is 3. The lowest BCUT2D eigenvalue weighted by Gasteiger charge is -2.18. The monoisotopic (exact) mass is 595 g/mol. The summed E-state index contributed by atoms with van der Waals surface area (Å²) in [4.78, 5) is 48.3. The Morgan fingerprint density at radius 1 is 0.500 bits per heavy atom. The molecule has 0 fully saturated rings. The van der Waals surface area contributed by atoms with Crippen LogP contribution < -0.4 is 16.0 Å². The normalized spacial score (nSPS) is 11.7. The Balaban J connectivity index is 4.25. The highest BCUT2D eigenvalue weighted by atomic mass is 16.4. The highest BCUT2D eigenvalue weighted by molar-refractivity contribution is 5.88. The van der Waals surface area contributed by atoms with Gasteiger partial charge < -0.3 is 21.1 Å². The second kappa shape index (κ2) is 30.3. The molecule has 42 heavy (non-hydrogen) atoms. The van der Waals surface area contributed by atoms with E-state index in [1.165, 1.54) is 96.3 Å². The van der Waals surface area contributed by atoms with Crippen LogP contribution in [0.15, 0.2) is 0 Å². The number of carbonyl (C=O) groups excluding carboxylic acids is 3. The molecule has 8 nitrogen and oxygen atoms in total. The van der Waals surface area contributed by atoms with E-state index in [2.05, 4.69) is 29.8 Å². The molecular weight excluding hydrogens is 530 g/mol. The summed E-state index contributed by atoms with van der Waals surface area (Å²) in [5, 5.41) is 17.4. The van der Waals surface area contributed by atoms with Crippen molar-refractivity contribution in [2.75, 3.05) is 13.1 Å². The molecule has 3 amide bonds. The molecule has 0 rings (SSSR count). The molecule has 1 unspecified atom stereocenters. The summed E-state index contributed by atoms with van der Waals surface area (Å²) in [6, 6.07) is -0.798. The number of amides is 3. The molecule has 0 radical (unpaired) electrons. The van der Waals surface area contributed by atoms with E-state index in [4.69, 9.17) is 5.11 Å². The van der Waals surface area contributed by atoms with Crippen LogP contribution in [0.25, 0.3) is 0 Å². The number of carboxylic acids is 1. The molecule has 0 aromatic rings. The van der Waals surface area contributed by atoms with Crippen molar-refractivity contribution < 1.29 is 24.3 Å². The Kier molecular flexibility index (Phi) is 28.8. The minimum absolute atomic E-state index is 0.0411. The average Bonchev–Trinajstić information content (AvgIpc) is 2.96. The number of hydrogen-bond acceptors (Lipinski definition) is 4. The first-order valence-corrected chi connectivity index (χ1v) is 17.5. The van der Waals surface area contributed by atoms with Gasteiger partial charge in [0.25, 0.3) is 0 Å². The fourth-order valence-electron chi connectivity index (χ4n) is 5.09. The summed E-state index contributed by atoms with van der Waals surface area (Å²) in [5.41, 5.74) is 0. The van der Waals surface area contributed by atoms with E-state index in [0.717, 1.165) is 32.1 Å². The molecule has 0 bridgehead atoms. The van der Waals surface area contributed by atoms with E-state index in [1.807, 2.05) is 0 Å². The lowest BCUT2D eigenvalue weighted by Crippen LogP contribution is -2.47. The topological polar surface area (TPSA) is 125 Å². The van der Waals surface area contributed by atoms with E-state index in [0.29, 0.717) is 13.1 Å². The van der Waals surface area contributed by atoms with Crippen LogP contribution in [0.3, 0.4) is 0 Å². The molecule has 0 aliphatic carbocycles. The van der Waals surface area contributed by atoms with Crippen LogP contribution in [-0.4, -0.2) is 47.9 Å². The number of hydrogen-bond donors (Lipinski definition) is 4. The number of carboxylic acid groups (broad SMARTS) is 1. The standard InChI is InChI=1S/C34H65N3O5/c1-3-5-7-9-11-13-15-17-19-21-28-35-31(38)27-26-30(37-32(39)24-23-25-33(40)41)34(42)36-29-22-20-18-16-14-12-10-8-6-4-2/h30H,3-29H2,1-2H3,(H,35,38)(H,36,42)(H,37,39)(H,40,41). The van der Waals surface area contributed by atoms with Gasteiger partial charge >= 0.3 is 5.97 Å². The molecule has 0 aromatic heterocycles. The van der Waals surface area contributed by atoms with Crippen LogP contribution in [0, 0.1) is 0 Å². The van der Waals surface area contributed by atoms with Crippen molar-refractivity contribution in [3.05, 3.63) is 0 Å². The first-order chi connectivity index (χ1) is 20.4. The van der Waals surface area contributed by atoms with Crippen LogP contribution in [0.5, 0.6) is 0 Å². The third-order valence-corrected chi connectivity index (χ3v) is 7.79. The molecule has 246 valence electrons. The van der Waals surface area contributed by atoms with Crippen molar-refractivity contribution >= 4 is 23.7 Å². The minimum atomic E-state index is -0.951. The summed E-state index contributed by atoms with van der Waals surface area (Å²) >= 11 is 0. The lowest BCUT2D eigenvalue weighted by molar-refractivity contribution is -0.137. The van der Waals surface area contributed by atoms with Gasteiger partial charge in [-0.2, -0.15) is 0 Å². The summed E-state index contributed by atoms with van der Waals surface area (Å²) in [6.07, 6.45) is 25.1. The maximum Gasteiger partial charge on any atom is 0.303 e. The second-order valence-electron chi connectivity index (χ2n) is 11.9. The summed E-state index contributed by atoms with van der Waals surface area (Å²) in [6.45, 7) is 5.65. The van der Waals surface area contributed by atoms with Gasteiger partial charge in [-0.25, -0.2) is 0 Å². The highest BCUT2D eigenvalue weighted by Gasteiger charge is 2.21. The predicted molar refractivity (Wildman–Crippen MR) is 172 cm³/mol. The zero-order chi connectivity index (χ0) is 31.1. The van der Waals surface area contributed by atoms with Gasteiger partial charge in [0.15, 0.2) is 0 Å². The Labute approximate surface area is 257 Å². The third kappa shape index (κ3) is 28.0. The lowest BCUT2D eigenvalue weighted by atomic mass is 10.1. The molecule has 0 heterocycles. The van der Waals surface area contributed by atoms with Gasteiger partial charge in [-0.3, -0.25) is 19.2 Å². The number of aliphatic carboxylic acids is 1. The van der Waals surface area contributed by atoms with Gasteiger partial charge in [0.05, 0.1) is 0 Å². The Morgan fingerprint density at radius 2 is 0.929 bits per heavy atom. The van der Waals surface area contributed by atoms with Gasteiger partial charge in [0.1, 0.15) is 6.04 Å². The first-order valence-electron chi connectivity index (χ1n) is 17.5. The minimum Gasteiger partial charge on any atom is -0.481 e. The van der Waals surface area contributed by atoms with Crippen molar-refractivity contribution in [2.24, 2.45) is 0 Å². The molecule has 0 spiro atoms. The maximum atomic E-state index is 12.8. The quantitative estimate of drug-likeness (QED) is 0.0615. The zero-order valence-electron chi connectivity index (χ0n) is 27.2. The largest absolute Gasteiger partial charge is 0.481 e. The fraction of sp³-hybridized carbons (Fsp3) is 0.882. The molecule has 0 aromatic carbocycles. The van der Waals surface area contributed by atoms with Gasteiger partial charge in [-0.15, -0.1) is 0 Å². The Hall–Kier alpha value is -2.12. The van der Waals surface area contributed by atoms with Crippen LogP contribution in [-0.2, 0) is 19.2 Å². The van der Waals surface area contributed by atoms with E-state index in [1.54, 1.807) is 0 Å². The molecule has 0 aliphatic rings. The van der Waals surface area contributed by atoms with Crippen LogP contribution >= 0.6 is 0 Å². The van der Waals surface area contributed by atoms with Gasteiger partial charge in [0, 0.05) is 32.4 Å². The van der Waals surface area contributed by atoms with Crippen molar-refractivity contribution in [3.8, 4) is 0 Å². The van der Waals surface area contributed by atoms with E-state index in [9.17, 15) is 19.2 Å². The molecule has 0 saturated carbocycles. The third-order valence-electron chi connectivity index (χ3n) is 7.79. The molecule has 1 atom stereocenters. The van der Waals surface area contributed by atoms with Crippen LogP contribution in [0.4, 0.5) is 0 Å². The first kappa shape index (κ1) is 39.9. The SMILES string of the molecule is CCCCCCCCCCCCNC(=O)CCC(NC(=O)CCCC(=O)O)C(=O)NCCCCCCCCCCCC. The van der Waals surface area contributed by atoms with E-state index >= 15 is 0 Å². The average molecular weight is 596 g/mol. The molecule has 0 aliphatic heterocycles. The molecule has 0 saturated heterocycles. The number of rotatable bonds is 31. The van der Waals surface area contributed by atoms with Crippen LogP contribution in [0.1, 0.15) is 174 Å². The highest BCUT2D eigenvalue weighted by Crippen LogP contribution is 2.11. The summed E-state index contributed by atoms with van der Waals surface area (Å²) < 4.78 is 0. The van der Waals surface area contributed by atoms with Crippen molar-refractivity contribution in [1.29, 1.82) is 0 Å². The molecule has 4 N–H and O–H groups in total. The maximum absolute atomic E-state index is 12.8. The van der Waals surface area contributed by atoms with Gasteiger partial charge in [-0.05, 0) is 25.7 Å². The van der Waals surface area contributed by atoms with Crippen molar-refractivity contribution in [1.82, 2.24) is 16.0 Å².